The Balaban J connectivity index is 1.26. The van der Waals surface area contributed by atoms with Crippen LogP contribution in [-0.2, 0) is 5.75 Å². The second kappa shape index (κ2) is 6.46. The minimum absolute atomic E-state index is 0.638. The first-order valence-electron chi connectivity index (χ1n) is 8.71. The number of rotatable bonds is 7. The maximum absolute atomic E-state index is 4.69. The molecule has 0 atom stereocenters. The molecule has 7 heteroatoms. The first-order valence-corrected chi connectivity index (χ1v) is 10.6. The topological polar surface area (TPSA) is 55.6 Å². The molecule has 2 aliphatic rings. The van der Waals surface area contributed by atoms with Crippen molar-refractivity contribution < 1.29 is 0 Å². The van der Waals surface area contributed by atoms with E-state index >= 15 is 0 Å². The lowest BCUT2D eigenvalue weighted by Gasteiger charge is -2.07. The van der Waals surface area contributed by atoms with E-state index in [0.717, 1.165) is 27.4 Å². The number of thioether (sulfide) groups is 1. The minimum atomic E-state index is 0.638. The summed E-state index contributed by atoms with van der Waals surface area (Å²) in [6, 6.07) is 10.8. The van der Waals surface area contributed by atoms with Crippen molar-refractivity contribution >= 4 is 33.9 Å². The average molecular weight is 370 g/mol. The normalized spacial score (nSPS) is 17.0. The quantitative estimate of drug-likeness (QED) is 0.595. The molecule has 0 radical (unpaired) electrons. The molecule has 128 valence electrons. The molecule has 5 rings (SSSR count). The van der Waals surface area contributed by atoms with Gasteiger partial charge in [0, 0.05) is 28.8 Å². The van der Waals surface area contributed by atoms with Gasteiger partial charge in [0.1, 0.15) is 5.82 Å². The first-order chi connectivity index (χ1) is 12.4. The minimum Gasteiger partial charge on any atom is -0.332 e. The third kappa shape index (κ3) is 3.43. The fraction of sp³-hybridized carbons (Fsp3) is 0.389. The lowest BCUT2D eigenvalue weighted by molar-refractivity contribution is 0.627. The average Bonchev–Trinajstić information content (AvgIpc) is 3.57. The lowest BCUT2D eigenvalue weighted by atomic mass is 10.3. The fourth-order valence-corrected chi connectivity index (χ4v) is 4.64. The summed E-state index contributed by atoms with van der Waals surface area (Å²) in [5, 5.41) is 16.4. The molecule has 3 aromatic rings. The van der Waals surface area contributed by atoms with Crippen molar-refractivity contribution in [1.29, 1.82) is 0 Å². The van der Waals surface area contributed by atoms with Crippen LogP contribution in [0, 0.1) is 0 Å². The summed E-state index contributed by atoms with van der Waals surface area (Å²) >= 11 is 3.40. The predicted octanol–water partition coefficient (Wildman–Crippen LogP) is 4.98. The highest BCUT2D eigenvalue weighted by Crippen LogP contribution is 2.46. The molecule has 5 nitrogen and oxygen atoms in total. The third-order valence-electron chi connectivity index (χ3n) is 4.47. The van der Waals surface area contributed by atoms with Crippen molar-refractivity contribution in [1.82, 2.24) is 19.7 Å². The Morgan fingerprint density at radius 2 is 1.96 bits per heavy atom. The van der Waals surface area contributed by atoms with E-state index in [1.165, 1.54) is 31.5 Å². The van der Waals surface area contributed by atoms with Gasteiger partial charge < -0.3 is 9.88 Å². The molecule has 2 fully saturated rings. The van der Waals surface area contributed by atoms with Crippen molar-refractivity contribution in [2.45, 2.75) is 48.6 Å². The molecule has 2 saturated carbocycles. The molecular formula is C18H19N5S2. The Bertz CT molecular complexity index is 865. The van der Waals surface area contributed by atoms with E-state index in [4.69, 9.17) is 4.98 Å². The molecule has 0 spiro atoms. The van der Waals surface area contributed by atoms with Crippen LogP contribution in [0.5, 0.6) is 0 Å². The highest BCUT2D eigenvalue weighted by Gasteiger charge is 2.36. The Morgan fingerprint density at radius 3 is 2.72 bits per heavy atom. The van der Waals surface area contributed by atoms with Crippen LogP contribution in [0.2, 0.25) is 0 Å². The standard InChI is InChI=1S/C18H19N5S2/c1-2-4-13(5-3-1)19-17-20-14(10-24-17)11-25-18-22-21-16(12-6-7-12)23(18)15-8-9-15/h1-5,10,12,15H,6-9,11H2,(H,19,20). The molecule has 0 amide bonds. The number of anilines is 2. The van der Waals surface area contributed by atoms with Crippen molar-refractivity contribution in [3.8, 4) is 0 Å². The molecule has 1 aromatic carbocycles. The van der Waals surface area contributed by atoms with Gasteiger partial charge in [0.05, 0.1) is 5.69 Å². The maximum atomic E-state index is 4.69. The zero-order valence-corrected chi connectivity index (χ0v) is 15.4. The third-order valence-corrected chi connectivity index (χ3v) is 6.25. The summed E-state index contributed by atoms with van der Waals surface area (Å²) in [5.74, 6) is 2.71. The van der Waals surface area contributed by atoms with Crippen LogP contribution in [0.4, 0.5) is 10.8 Å². The molecule has 0 bridgehead atoms. The van der Waals surface area contributed by atoms with E-state index in [9.17, 15) is 0 Å². The van der Waals surface area contributed by atoms with Crippen LogP contribution in [0.1, 0.15) is 49.2 Å². The summed E-state index contributed by atoms with van der Waals surface area (Å²) in [7, 11) is 0. The largest absolute Gasteiger partial charge is 0.332 e. The van der Waals surface area contributed by atoms with Crippen molar-refractivity contribution in [2.24, 2.45) is 0 Å². The maximum Gasteiger partial charge on any atom is 0.191 e. The number of benzene rings is 1. The highest BCUT2D eigenvalue weighted by molar-refractivity contribution is 7.98. The zero-order chi connectivity index (χ0) is 16.6. The lowest BCUT2D eigenvalue weighted by Crippen LogP contribution is -2.02. The zero-order valence-electron chi connectivity index (χ0n) is 13.8. The summed E-state index contributed by atoms with van der Waals surface area (Å²) < 4.78 is 2.40. The van der Waals surface area contributed by atoms with Gasteiger partial charge >= 0.3 is 0 Å². The fourth-order valence-electron chi connectivity index (χ4n) is 2.90. The van der Waals surface area contributed by atoms with Gasteiger partial charge in [-0.25, -0.2) is 4.98 Å². The Hall–Kier alpha value is -1.86. The number of thiazole rings is 1. The molecular weight excluding hydrogens is 350 g/mol. The molecule has 0 saturated heterocycles. The number of nitrogens with zero attached hydrogens (tertiary/aromatic N) is 4. The van der Waals surface area contributed by atoms with Gasteiger partial charge in [-0.1, -0.05) is 30.0 Å². The molecule has 2 aliphatic carbocycles. The van der Waals surface area contributed by atoms with Crippen LogP contribution in [0.3, 0.4) is 0 Å². The van der Waals surface area contributed by atoms with E-state index < -0.39 is 0 Å². The van der Waals surface area contributed by atoms with Crippen molar-refractivity contribution in [3.63, 3.8) is 0 Å². The number of hydrogen-bond donors (Lipinski definition) is 1. The van der Waals surface area contributed by atoms with E-state index in [0.29, 0.717) is 12.0 Å². The summed E-state index contributed by atoms with van der Waals surface area (Å²) in [6.07, 6.45) is 5.09. The van der Waals surface area contributed by atoms with Gasteiger partial charge in [-0.2, -0.15) is 0 Å². The Kier molecular flexibility index (Phi) is 3.98. The monoisotopic (exact) mass is 369 g/mol. The first kappa shape index (κ1) is 15.4. The van der Waals surface area contributed by atoms with Crippen LogP contribution in [0.25, 0.3) is 0 Å². The van der Waals surface area contributed by atoms with E-state index in [1.807, 2.05) is 30.3 Å². The van der Waals surface area contributed by atoms with Crippen LogP contribution >= 0.6 is 23.1 Å². The molecule has 1 N–H and O–H groups in total. The SMILES string of the molecule is c1ccc(Nc2nc(CSc3nnc(C4CC4)n3C3CC3)cs2)cc1. The van der Waals surface area contributed by atoms with Gasteiger partial charge in [-0.3, -0.25) is 0 Å². The van der Waals surface area contributed by atoms with Crippen molar-refractivity contribution in [3.05, 3.63) is 47.2 Å². The number of para-hydroxylation sites is 1. The number of aromatic nitrogens is 4. The van der Waals surface area contributed by atoms with E-state index in [2.05, 4.69) is 25.5 Å². The number of nitrogens with one attached hydrogen (secondary N) is 1. The Morgan fingerprint density at radius 1 is 1.12 bits per heavy atom. The van der Waals surface area contributed by atoms with Crippen molar-refractivity contribution in [2.75, 3.05) is 5.32 Å². The molecule has 0 unspecified atom stereocenters. The molecule has 0 aliphatic heterocycles. The van der Waals surface area contributed by atoms with Crippen LogP contribution in [0.15, 0.2) is 40.9 Å². The van der Waals surface area contributed by atoms with Crippen LogP contribution < -0.4 is 5.32 Å². The molecule has 25 heavy (non-hydrogen) atoms. The van der Waals surface area contributed by atoms with Gasteiger partial charge in [-0.15, -0.1) is 21.5 Å². The van der Waals surface area contributed by atoms with Gasteiger partial charge in [0.2, 0.25) is 0 Å². The van der Waals surface area contributed by atoms with Gasteiger partial charge in [0.25, 0.3) is 0 Å². The highest BCUT2D eigenvalue weighted by atomic mass is 32.2. The molecule has 2 heterocycles. The second-order valence-electron chi connectivity index (χ2n) is 6.64. The van der Waals surface area contributed by atoms with E-state index in [1.54, 1.807) is 23.1 Å². The molecule has 2 aromatic heterocycles. The van der Waals surface area contributed by atoms with Gasteiger partial charge in [0.15, 0.2) is 10.3 Å². The van der Waals surface area contributed by atoms with Crippen LogP contribution in [-0.4, -0.2) is 19.7 Å². The number of hydrogen-bond acceptors (Lipinski definition) is 6. The summed E-state index contributed by atoms with van der Waals surface area (Å²) in [6.45, 7) is 0. The predicted molar refractivity (Wildman–Crippen MR) is 102 cm³/mol. The second-order valence-corrected chi connectivity index (χ2v) is 8.44. The summed E-state index contributed by atoms with van der Waals surface area (Å²) in [5.41, 5.74) is 2.16. The smallest absolute Gasteiger partial charge is 0.191 e. The summed E-state index contributed by atoms with van der Waals surface area (Å²) in [4.78, 5) is 4.69. The Labute approximate surface area is 154 Å². The van der Waals surface area contributed by atoms with E-state index in [-0.39, 0.29) is 0 Å². The van der Waals surface area contributed by atoms with Gasteiger partial charge in [-0.05, 0) is 37.8 Å².